The maximum Gasteiger partial charge on any atom is -0.00206 e. The van der Waals surface area contributed by atoms with Crippen LogP contribution >= 0.6 is 0 Å². The van der Waals surface area contributed by atoms with Gasteiger partial charge in [-0.2, -0.15) is 0 Å². The third kappa shape index (κ3) is 2.98. The summed E-state index contributed by atoms with van der Waals surface area (Å²) in [7, 11) is 0. The van der Waals surface area contributed by atoms with Gasteiger partial charge in [0.2, 0.25) is 0 Å². The Kier molecular flexibility index (Phi) is 4.60. The van der Waals surface area contributed by atoms with E-state index in [1.807, 2.05) is 0 Å². The highest BCUT2D eigenvalue weighted by Gasteiger charge is 2.15. The van der Waals surface area contributed by atoms with Crippen molar-refractivity contribution in [3.8, 4) is 11.1 Å². The summed E-state index contributed by atoms with van der Waals surface area (Å²) < 4.78 is 0. The maximum absolute atomic E-state index is 2.39. The van der Waals surface area contributed by atoms with E-state index >= 15 is 0 Å². The molecule has 0 atom stereocenters. The summed E-state index contributed by atoms with van der Waals surface area (Å²) in [5.74, 6) is 0. The Hall–Kier alpha value is -4.68. The van der Waals surface area contributed by atoms with Crippen molar-refractivity contribution in [1.29, 1.82) is 0 Å². The summed E-state index contributed by atoms with van der Waals surface area (Å²) in [4.78, 5) is 0. The minimum absolute atomic E-state index is 1.02. The summed E-state index contributed by atoms with van der Waals surface area (Å²) in [5, 5.41) is 15.9. The van der Waals surface area contributed by atoms with Gasteiger partial charge in [0.25, 0.3) is 0 Å². The zero-order valence-corrected chi connectivity index (χ0v) is 21.3. The molecule has 0 aromatic heterocycles. The smallest absolute Gasteiger partial charge is 0.00206 e. The molecule has 8 aromatic carbocycles. The third-order valence-corrected chi connectivity index (χ3v) is 8.41. The second kappa shape index (κ2) is 8.16. The summed E-state index contributed by atoms with van der Waals surface area (Å²) >= 11 is 0. The van der Waals surface area contributed by atoms with Crippen LogP contribution < -0.4 is 0 Å². The van der Waals surface area contributed by atoms with Crippen molar-refractivity contribution in [2.45, 2.75) is 13.3 Å². The van der Waals surface area contributed by atoms with Gasteiger partial charge >= 0.3 is 0 Å². The molecule has 178 valence electrons. The number of hydrogen-bond donors (Lipinski definition) is 0. The van der Waals surface area contributed by atoms with E-state index in [1.54, 1.807) is 0 Å². The summed E-state index contributed by atoms with van der Waals surface area (Å²) in [5.41, 5.74) is 4.03. The molecule has 0 saturated heterocycles. The molecule has 0 fully saturated rings. The first-order valence-electron chi connectivity index (χ1n) is 13.5. The molecular weight excluding hydrogens is 456 g/mol. The Bertz CT molecular complexity index is 2200. The molecule has 0 heterocycles. The van der Waals surface area contributed by atoms with E-state index in [-0.39, 0.29) is 0 Å². The van der Waals surface area contributed by atoms with Crippen LogP contribution in [0, 0.1) is 0 Å². The molecule has 0 aliphatic carbocycles. The lowest BCUT2D eigenvalue weighted by atomic mass is 9.87. The first-order chi connectivity index (χ1) is 18.8. The molecule has 0 nitrogen and oxygen atoms in total. The van der Waals surface area contributed by atoms with Crippen molar-refractivity contribution in [1.82, 2.24) is 0 Å². The molecule has 8 rings (SSSR count). The minimum atomic E-state index is 1.02. The van der Waals surface area contributed by atoms with E-state index in [0.29, 0.717) is 0 Å². The summed E-state index contributed by atoms with van der Waals surface area (Å²) in [6.07, 6.45) is 1.02. The molecule has 0 bridgehead atoms. The van der Waals surface area contributed by atoms with Crippen LogP contribution in [0.5, 0.6) is 0 Å². The van der Waals surface area contributed by atoms with E-state index in [4.69, 9.17) is 0 Å². The van der Waals surface area contributed by atoms with Crippen molar-refractivity contribution in [3.05, 3.63) is 133 Å². The summed E-state index contributed by atoms with van der Waals surface area (Å²) in [6, 6.07) is 47.3. The van der Waals surface area contributed by atoms with E-state index in [2.05, 4.69) is 134 Å². The number of rotatable bonds is 2. The molecule has 0 heteroatoms. The van der Waals surface area contributed by atoms with E-state index in [1.165, 1.54) is 81.3 Å². The Morgan fingerprint density at radius 1 is 0.368 bits per heavy atom. The van der Waals surface area contributed by atoms with E-state index < -0.39 is 0 Å². The van der Waals surface area contributed by atoms with Crippen molar-refractivity contribution in [2.24, 2.45) is 0 Å². The van der Waals surface area contributed by atoms with Gasteiger partial charge in [0.15, 0.2) is 0 Å². The van der Waals surface area contributed by atoms with E-state index in [9.17, 15) is 0 Å². The van der Waals surface area contributed by atoms with Crippen molar-refractivity contribution < 1.29 is 0 Å². The molecule has 0 N–H and O–H groups in total. The van der Waals surface area contributed by atoms with Crippen LogP contribution in [-0.2, 0) is 6.42 Å². The fourth-order valence-electron chi connectivity index (χ4n) is 6.71. The molecule has 0 unspecified atom stereocenters. The lowest BCUT2D eigenvalue weighted by Crippen LogP contribution is -1.91. The highest BCUT2D eigenvalue weighted by Crippen LogP contribution is 2.42. The van der Waals surface area contributed by atoms with Crippen LogP contribution in [0.3, 0.4) is 0 Å². The standard InChI is InChI=1S/C38H26/c1-2-27-28-13-6-4-11-25(28)22-36-31-16-9-17-32(34(31)21-20-33(27)36)37-23-26-12-5-8-15-30(26)38-29-14-7-3-10-24(29)18-19-35(37)38/h3-23H,2H2,1H3. The molecule has 0 amide bonds. The quantitative estimate of drug-likeness (QED) is 0.170. The first-order valence-corrected chi connectivity index (χ1v) is 13.5. The molecule has 0 spiro atoms. The van der Waals surface area contributed by atoms with Gasteiger partial charge in [0.05, 0.1) is 0 Å². The molecule has 8 aromatic rings. The van der Waals surface area contributed by atoms with Crippen LogP contribution in [0.2, 0.25) is 0 Å². The Balaban J connectivity index is 1.52. The number of hydrogen-bond acceptors (Lipinski definition) is 0. The number of fused-ring (bicyclic) bond motifs is 9. The van der Waals surface area contributed by atoms with Crippen molar-refractivity contribution >= 4 is 64.6 Å². The van der Waals surface area contributed by atoms with Gasteiger partial charge in [-0.3, -0.25) is 0 Å². The monoisotopic (exact) mass is 482 g/mol. The Morgan fingerprint density at radius 3 is 1.76 bits per heavy atom. The average molecular weight is 483 g/mol. The van der Waals surface area contributed by atoms with Gasteiger partial charge in [-0.1, -0.05) is 122 Å². The highest BCUT2D eigenvalue weighted by atomic mass is 14.2. The second-order valence-electron chi connectivity index (χ2n) is 10.3. The van der Waals surface area contributed by atoms with Crippen molar-refractivity contribution in [2.75, 3.05) is 0 Å². The van der Waals surface area contributed by atoms with Crippen LogP contribution in [0.4, 0.5) is 0 Å². The van der Waals surface area contributed by atoms with Gasteiger partial charge in [0.1, 0.15) is 0 Å². The Labute approximate surface area is 221 Å². The van der Waals surface area contributed by atoms with Gasteiger partial charge in [-0.25, -0.2) is 0 Å². The predicted octanol–water partition coefficient (Wildman–Crippen LogP) is 10.8. The average Bonchev–Trinajstić information content (AvgIpc) is 2.98. The van der Waals surface area contributed by atoms with E-state index in [0.717, 1.165) is 6.42 Å². The molecule has 0 aliphatic rings. The van der Waals surface area contributed by atoms with Crippen LogP contribution in [-0.4, -0.2) is 0 Å². The number of benzene rings is 8. The van der Waals surface area contributed by atoms with Gasteiger partial charge in [0, 0.05) is 0 Å². The zero-order valence-electron chi connectivity index (χ0n) is 21.3. The van der Waals surface area contributed by atoms with Gasteiger partial charge < -0.3 is 0 Å². The lowest BCUT2D eigenvalue weighted by Gasteiger charge is -2.17. The van der Waals surface area contributed by atoms with Crippen LogP contribution in [0.25, 0.3) is 75.8 Å². The highest BCUT2D eigenvalue weighted by molar-refractivity contribution is 6.26. The summed E-state index contributed by atoms with van der Waals surface area (Å²) in [6.45, 7) is 2.27. The lowest BCUT2D eigenvalue weighted by molar-refractivity contribution is 1.18. The van der Waals surface area contributed by atoms with Crippen molar-refractivity contribution in [3.63, 3.8) is 0 Å². The molecule has 0 saturated carbocycles. The first kappa shape index (κ1) is 21.4. The largest absolute Gasteiger partial charge is 0.0616 e. The van der Waals surface area contributed by atoms with Crippen LogP contribution in [0.15, 0.2) is 127 Å². The minimum Gasteiger partial charge on any atom is -0.0616 e. The fourth-order valence-corrected chi connectivity index (χ4v) is 6.71. The van der Waals surface area contributed by atoms with Gasteiger partial charge in [-0.15, -0.1) is 0 Å². The zero-order chi connectivity index (χ0) is 25.2. The third-order valence-electron chi connectivity index (χ3n) is 8.41. The normalized spacial score (nSPS) is 11.9. The Morgan fingerprint density at radius 2 is 0.974 bits per heavy atom. The number of aryl methyl sites for hydroxylation is 1. The molecule has 38 heavy (non-hydrogen) atoms. The fraction of sp³-hybridized carbons (Fsp3) is 0.0526. The van der Waals surface area contributed by atoms with Crippen LogP contribution in [0.1, 0.15) is 12.5 Å². The molecular formula is C38H26. The maximum atomic E-state index is 2.39. The topological polar surface area (TPSA) is 0 Å². The second-order valence-corrected chi connectivity index (χ2v) is 10.3. The SMILES string of the molecule is CCc1c2ccccc2cc2c1ccc1c(-c3cc4ccccc4c4c3ccc3ccccc34)cccc12. The molecule has 0 radical (unpaired) electrons. The predicted molar refractivity (Wildman–Crippen MR) is 166 cm³/mol. The van der Waals surface area contributed by atoms with Gasteiger partial charge in [-0.05, 0) is 99.9 Å². The molecule has 0 aliphatic heterocycles.